The number of carbonyl (C=O) groups excluding carboxylic acids is 2. The van der Waals surface area contributed by atoms with Gasteiger partial charge in [0.05, 0.1) is 10.3 Å². The molecule has 0 radical (unpaired) electrons. The lowest BCUT2D eigenvalue weighted by Gasteiger charge is -2.39. The maximum atomic E-state index is 14.1. The Labute approximate surface area is 255 Å². The number of aryl methyl sites for hydroxylation is 2. The highest BCUT2D eigenvalue weighted by molar-refractivity contribution is 8.09. The predicted molar refractivity (Wildman–Crippen MR) is 174 cm³/mol. The van der Waals surface area contributed by atoms with Gasteiger partial charge in [-0.05, 0) is 74.3 Å². The molecule has 0 aromatic carbocycles. The Kier molecular flexibility index (Phi) is 9.65. The van der Waals surface area contributed by atoms with E-state index in [-0.39, 0.29) is 21.8 Å². The van der Waals surface area contributed by atoms with Crippen molar-refractivity contribution in [3.8, 4) is 11.8 Å². The number of carbonyl (C=O) groups is 2. The van der Waals surface area contributed by atoms with Gasteiger partial charge in [-0.3, -0.25) is 9.59 Å². The summed E-state index contributed by atoms with van der Waals surface area (Å²) in [6.45, 7) is 6.01. The normalized spacial score (nSPS) is 26.6. The fourth-order valence-electron chi connectivity index (χ4n) is 6.49. The summed E-state index contributed by atoms with van der Waals surface area (Å²) < 4.78 is 10.8. The van der Waals surface area contributed by atoms with Crippen molar-refractivity contribution >= 4 is 55.9 Å². The highest BCUT2D eigenvalue weighted by Crippen LogP contribution is 2.59. The number of fused-ring (bicyclic) bond motifs is 1. The number of hydrogen-bond acceptors (Lipinski definition) is 6. The maximum Gasteiger partial charge on any atom is 0.256 e. The summed E-state index contributed by atoms with van der Waals surface area (Å²) in [5.41, 5.74) is 3.75. The molecular weight excluding hydrogens is 571 g/mol. The van der Waals surface area contributed by atoms with Gasteiger partial charge >= 0.3 is 0 Å². The molecule has 3 unspecified atom stereocenters. The van der Waals surface area contributed by atoms with Crippen molar-refractivity contribution in [2.75, 3.05) is 25.4 Å². The molecule has 3 aliphatic rings. The second-order valence-electron chi connectivity index (χ2n) is 12.4. The zero-order valence-electron chi connectivity index (χ0n) is 24.5. The molecule has 0 bridgehead atoms. The van der Waals surface area contributed by atoms with Crippen LogP contribution in [0.25, 0.3) is 11.0 Å². The molecule has 2 aromatic rings. The summed E-state index contributed by atoms with van der Waals surface area (Å²) in [5, 5.41) is 4.12. The molecule has 2 saturated heterocycles. The van der Waals surface area contributed by atoms with Gasteiger partial charge < -0.3 is 19.3 Å². The van der Waals surface area contributed by atoms with E-state index in [1.165, 1.54) is 12.8 Å². The number of aromatic nitrogens is 2. The van der Waals surface area contributed by atoms with Gasteiger partial charge in [-0.25, -0.2) is 4.98 Å². The Morgan fingerprint density at radius 2 is 2.07 bits per heavy atom. The molecule has 2 N–H and O–H groups in total. The fraction of sp³-hybridized carbons (Fsp3) is 0.645. The molecule has 222 valence electrons. The van der Waals surface area contributed by atoms with Crippen molar-refractivity contribution in [2.24, 2.45) is 13.0 Å². The smallest absolute Gasteiger partial charge is 0.256 e. The predicted octanol–water partition coefficient (Wildman–Crippen LogP) is 5.44. The van der Waals surface area contributed by atoms with Crippen LogP contribution in [0.5, 0.6) is 0 Å². The molecule has 1 saturated carbocycles. The van der Waals surface area contributed by atoms with Gasteiger partial charge in [0.2, 0.25) is 5.91 Å². The third kappa shape index (κ3) is 6.93. The summed E-state index contributed by atoms with van der Waals surface area (Å²) in [5.74, 6) is 7.98. The third-order valence-corrected chi connectivity index (χ3v) is 11.3. The van der Waals surface area contributed by atoms with Crippen LogP contribution in [0.3, 0.4) is 0 Å². The minimum Gasteiger partial charge on any atom is -0.354 e. The first-order chi connectivity index (χ1) is 19.6. The second-order valence-corrected chi connectivity index (χ2v) is 16.0. The summed E-state index contributed by atoms with van der Waals surface area (Å²) in [4.78, 5) is 33.3. The number of pyridine rings is 1. The van der Waals surface area contributed by atoms with Crippen molar-refractivity contribution in [3.05, 3.63) is 29.1 Å². The number of nitrogens with zero attached hydrogens (tertiary/aromatic N) is 3. The van der Waals surface area contributed by atoms with E-state index in [0.29, 0.717) is 36.5 Å². The molecule has 7 nitrogen and oxygen atoms in total. The zero-order valence-corrected chi connectivity index (χ0v) is 27.3. The Hall–Kier alpha value is -1.72. The maximum absolute atomic E-state index is 14.1. The molecule has 41 heavy (non-hydrogen) atoms. The fourth-order valence-corrected chi connectivity index (χ4v) is 8.59. The van der Waals surface area contributed by atoms with Crippen molar-refractivity contribution in [1.82, 2.24) is 19.8 Å². The van der Waals surface area contributed by atoms with E-state index in [0.717, 1.165) is 84.8 Å². The van der Waals surface area contributed by atoms with Crippen LogP contribution in [-0.2, 0) is 18.3 Å². The van der Waals surface area contributed by atoms with Crippen LogP contribution in [0.2, 0.25) is 0 Å². The van der Waals surface area contributed by atoms with Gasteiger partial charge in [0.25, 0.3) is 5.91 Å². The van der Waals surface area contributed by atoms with Gasteiger partial charge in [0, 0.05) is 62.1 Å². The lowest BCUT2D eigenvalue weighted by Crippen LogP contribution is -2.36. The lowest BCUT2D eigenvalue weighted by molar-refractivity contribution is -0.120. The van der Waals surface area contributed by atoms with E-state index >= 15 is 0 Å². The van der Waals surface area contributed by atoms with Gasteiger partial charge in [0.1, 0.15) is 10.9 Å². The first kappa shape index (κ1) is 30.7. The van der Waals surface area contributed by atoms with Gasteiger partial charge in [-0.1, -0.05) is 25.7 Å². The molecule has 4 heterocycles. The van der Waals surface area contributed by atoms with Crippen LogP contribution in [0, 0.1) is 24.7 Å². The summed E-state index contributed by atoms with van der Waals surface area (Å²) in [6, 6.07) is 2.09. The van der Waals surface area contributed by atoms with E-state index in [9.17, 15) is 9.59 Å². The van der Waals surface area contributed by atoms with E-state index in [4.69, 9.17) is 9.54 Å². The number of likely N-dealkylation sites (tertiary alicyclic amines) is 1. The molecule has 10 heteroatoms. The molecule has 5 rings (SSSR count). The SMILES string of the molecule is Cc1cnc2c(c1)c(C(=O)N1CCC3(C1)SC3C(=O)NCCSO)c(CCCCCCC#CC1CC(C)(P)C1)n2C. The molecule has 2 aromatic heterocycles. The number of hydrogen-bond donors (Lipinski definition) is 2. The van der Waals surface area contributed by atoms with Crippen molar-refractivity contribution in [2.45, 2.75) is 86.8 Å². The van der Waals surface area contributed by atoms with Crippen LogP contribution < -0.4 is 5.32 Å². The van der Waals surface area contributed by atoms with Crippen molar-refractivity contribution in [3.63, 3.8) is 0 Å². The first-order valence-corrected chi connectivity index (χ1v) is 17.3. The Morgan fingerprint density at radius 3 is 2.83 bits per heavy atom. The lowest BCUT2D eigenvalue weighted by atomic mass is 9.75. The summed E-state index contributed by atoms with van der Waals surface area (Å²) in [6.07, 6.45) is 11.3. The van der Waals surface area contributed by atoms with Crippen LogP contribution in [0.15, 0.2) is 12.3 Å². The second kappa shape index (κ2) is 12.9. The van der Waals surface area contributed by atoms with Gasteiger partial charge in [-0.2, -0.15) is 0 Å². The Bertz CT molecular complexity index is 1360. The summed E-state index contributed by atoms with van der Waals surface area (Å²) >= 11 is 2.41. The third-order valence-electron chi connectivity index (χ3n) is 8.75. The van der Waals surface area contributed by atoms with Gasteiger partial charge in [-0.15, -0.1) is 26.9 Å². The van der Waals surface area contributed by atoms with Crippen molar-refractivity contribution < 1.29 is 14.1 Å². The first-order valence-electron chi connectivity index (χ1n) is 14.9. The highest BCUT2D eigenvalue weighted by atomic mass is 32.2. The van der Waals surface area contributed by atoms with Gasteiger partial charge in [0.15, 0.2) is 0 Å². The minimum atomic E-state index is -0.179. The monoisotopic (exact) mass is 614 g/mol. The van der Waals surface area contributed by atoms with E-state index < -0.39 is 0 Å². The minimum absolute atomic E-state index is 0.0149. The molecular formula is C31H43N4O3PS2. The summed E-state index contributed by atoms with van der Waals surface area (Å²) in [7, 11) is 4.98. The van der Waals surface area contributed by atoms with Crippen LogP contribution in [0.4, 0.5) is 0 Å². The average molecular weight is 615 g/mol. The Morgan fingerprint density at radius 1 is 1.29 bits per heavy atom. The van der Waals surface area contributed by atoms with Crippen LogP contribution in [0.1, 0.15) is 79.9 Å². The molecule has 1 spiro atoms. The number of rotatable bonds is 11. The number of amides is 2. The van der Waals surface area contributed by atoms with Crippen molar-refractivity contribution in [1.29, 1.82) is 0 Å². The van der Waals surface area contributed by atoms with Crippen LogP contribution >= 0.6 is 33.0 Å². The standard InChI is InChI=1S/C31H43N4O3PS2/c1-21-16-23-25(29(37)35-14-12-31(20-35)26(41-31)28(36)32-13-15-40-38)24(34(3)27(23)33-19-21)11-9-7-5-4-6-8-10-22-17-30(2,39)18-22/h16,19,22,26,38H,4-7,9,11-15,17-18,20,39H2,1-3H3,(H,32,36). The topological polar surface area (TPSA) is 87.5 Å². The number of thioether (sulfide) groups is 1. The molecule has 2 amide bonds. The van der Waals surface area contributed by atoms with E-state index in [1.54, 1.807) is 11.8 Å². The number of unbranched alkanes of at least 4 members (excludes halogenated alkanes) is 4. The molecule has 2 aliphatic heterocycles. The van der Waals surface area contributed by atoms with E-state index in [2.05, 4.69) is 44.0 Å². The molecule has 3 fully saturated rings. The van der Waals surface area contributed by atoms with Crippen LogP contribution in [-0.4, -0.2) is 71.4 Å². The largest absolute Gasteiger partial charge is 0.354 e. The highest BCUT2D eigenvalue weighted by Gasteiger charge is 2.63. The number of nitrogens with one attached hydrogen (secondary N) is 1. The average Bonchev–Trinajstić information content (AvgIpc) is 3.34. The molecule has 1 aliphatic carbocycles. The Balaban J connectivity index is 1.19. The zero-order chi connectivity index (χ0) is 29.2. The van der Waals surface area contributed by atoms with E-state index in [1.807, 2.05) is 25.1 Å². The quantitative estimate of drug-likeness (QED) is 0.115. The molecule has 3 atom stereocenters.